The summed E-state index contributed by atoms with van der Waals surface area (Å²) in [4.78, 5) is 33.5. The fraction of sp³-hybridized carbons (Fsp3) is 0.118. The molecule has 0 radical (unpaired) electrons. The standard InChI is InChI=1S/C17H17NO8/c19-13-3-1-11(10-14(13)20)9-12(2-4-15(21)22)18(7-5-16(23)24)8-6-17(25)26/h1-8,10,12,19-20H,9H2,(H,21,22)(H,23,24)(H,25,26). The Morgan fingerprint density at radius 1 is 0.885 bits per heavy atom. The number of aromatic hydroxyl groups is 2. The maximum atomic E-state index is 10.8. The summed E-state index contributed by atoms with van der Waals surface area (Å²) < 4.78 is 0. The molecule has 1 aromatic carbocycles. The van der Waals surface area contributed by atoms with E-state index in [0.29, 0.717) is 5.56 Å². The lowest BCUT2D eigenvalue weighted by Crippen LogP contribution is -2.27. The molecule has 0 bridgehead atoms. The van der Waals surface area contributed by atoms with Gasteiger partial charge < -0.3 is 30.4 Å². The third-order valence-corrected chi connectivity index (χ3v) is 3.11. The summed E-state index contributed by atoms with van der Waals surface area (Å²) in [6, 6.07) is 3.21. The molecular weight excluding hydrogens is 346 g/mol. The van der Waals surface area contributed by atoms with Crippen molar-refractivity contribution in [1.29, 1.82) is 0 Å². The molecule has 1 atom stereocenters. The molecule has 0 heterocycles. The molecule has 9 heteroatoms. The predicted octanol–water partition coefficient (Wildman–Crippen LogP) is 1.15. The van der Waals surface area contributed by atoms with Gasteiger partial charge in [-0.25, -0.2) is 14.4 Å². The first-order chi connectivity index (χ1) is 12.2. The number of rotatable bonds is 9. The Balaban J connectivity index is 3.23. The lowest BCUT2D eigenvalue weighted by molar-refractivity contribution is -0.132. The third-order valence-electron chi connectivity index (χ3n) is 3.11. The highest BCUT2D eigenvalue weighted by Crippen LogP contribution is 2.26. The maximum absolute atomic E-state index is 10.8. The van der Waals surface area contributed by atoms with Crippen LogP contribution in [0.25, 0.3) is 0 Å². The van der Waals surface area contributed by atoms with Crippen LogP contribution in [0.15, 0.2) is 54.9 Å². The van der Waals surface area contributed by atoms with E-state index in [-0.39, 0.29) is 17.9 Å². The number of hydrogen-bond acceptors (Lipinski definition) is 6. The van der Waals surface area contributed by atoms with Crippen molar-refractivity contribution in [2.75, 3.05) is 0 Å². The second-order valence-corrected chi connectivity index (χ2v) is 5.05. The fourth-order valence-electron chi connectivity index (χ4n) is 1.97. The average molecular weight is 363 g/mol. The molecule has 1 unspecified atom stereocenters. The Labute approximate surface area is 148 Å². The molecule has 26 heavy (non-hydrogen) atoms. The van der Waals surface area contributed by atoms with Gasteiger partial charge >= 0.3 is 17.9 Å². The van der Waals surface area contributed by atoms with Crippen LogP contribution in [0.4, 0.5) is 0 Å². The fourth-order valence-corrected chi connectivity index (χ4v) is 1.97. The lowest BCUT2D eigenvalue weighted by Gasteiger charge is -2.25. The SMILES string of the molecule is O=C(O)C=CC(Cc1ccc(O)c(O)c1)N(C=CC(=O)O)C=CC(=O)O. The van der Waals surface area contributed by atoms with Gasteiger partial charge in [-0.15, -0.1) is 0 Å². The molecule has 138 valence electrons. The van der Waals surface area contributed by atoms with Gasteiger partial charge in [-0.1, -0.05) is 12.1 Å². The first kappa shape index (κ1) is 20.3. The summed E-state index contributed by atoms with van der Waals surface area (Å²) in [6.07, 6.45) is 5.86. The molecule has 0 saturated heterocycles. The van der Waals surface area contributed by atoms with Gasteiger partial charge in [0.25, 0.3) is 0 Å². The van der Waals surface area contributed by atoms with Crippen LogP contribution >= 0.6 is 0 Å². The van der Waals surface area contributed by atoms with Crippen LogP contribution in [-0.2, 0) is 20.8 Å². The van der Waals surface area contributed by atoms with E-state index < -0.39 is 23.9 Å². The number of aliphatic carboxylic acids is 3. The molecule has 0 spiro atoms. The zero-order valence-corrected chi connectivity index (χ0v) is 13.4. The van der Waals surface area contributed by atoms with E-state index in [1.165, 1.54) is 29.2 Å². The molecule has 1 rings (SSSR count). The molecule has 0 aliphatic rings. The number of phenolic OH excluding ortho intramolecular Hbond substituents is 2. The monoisotopic (exact) mass is 363 g/mol. The van der Waals surface area contributed by atoms with E-state index in [1.54, 1.807) is 0 Å². The Bertz CT molecular complexity index is 742. The normalized spacial score (nSPS) is 12.6. The van der Waals surface area contributed by atoms with Crippen molar-refractivity contribution in [1.82, 2.24) is 4.90 Å². The van der Waals surface area contributed by atoms with Crippen LogP contribution in [0.5, 0.6) is 11.5 Å². The van der Waals surface area contributed by atoms with E-state index >= 15 is 0 Å². The molecule has 5 N–H and O–H groups in total. The van der Waals surface area contributed by atoms with Crippen LogP contribution in [0.3, 0.4) is 0 Å². The van der Waals surface area contributed by atoms with E-state index in [2.05, 4.69) is 0 Å². The van der Waals surface area contributed by atoms with E-state index in [1.807, 2.05) is 0 Å². The highest BCUT2D eigenvalue weighted by Gasteiger charge is 2.14. The number of carboxylic acids is 3. The Morgan fingerprint density at radius 3 is 1.88 bits per heavy atom. The van der Waals surface area contributed by atoms with Crippen molar-refractivity contribution >= 4 is 17.9 Å². The molecule has 9 nitrogen and oxygen atoms in total. The molecule has 0 amide bonds. The minimum absolute atomic E-state index is 0.0888. The van der Waals surface area contributed by atoms with Gasteiger partial charge in [0.15, 0.2) is 11.5 Å². The Hall–Kier alpha value is -3.75. The van der Waals surface area contributed by atoms with E-state index in [0.717, 1.165) is 30.6 Å². The average Bonchev–Trinajstić information content (AvgIpc) is 2.54. The van der Waals surface area contributed by atoms with Crippen LogP contribution < -0.4 is 0 Å². The first-order valence-electron chi connectivity index (χ1n) is 7.20. The summed E-state index contributed by atoms with van der Waals surface area (Å²) in [7, 11) is 0. The molecule has 0 aliphatic heterocycles. The van der Waals surface area contributed by atoms with Crippen molar-refractivity contribution in [2.45, 2.75) is 12.5 Å². The zero-order valence-electron chi connectivity index (χ0n) is 13.4. The van der Waals surface area contributed by atoms with Crippen molar-refractivity contribution < 1.29 is 39.9 Å². The van der Waals surface area contributed by atoms with Crippen LogP contribution in [-0.4, -0.2) is 54.4 Å². The minimum Gasteiger partial charge on any atom is -0.504 e. The van der Waals surface area contributed by atoms with Gasteiger partial charge in [0.05, 0.1) is 6.04 Å². The maximum Gasteiger partial charge on any atom is 0.329 e. The largest absolute Gasteiger partial charge is 0.504 e. The quantitative estimate of drug-likeness (QED) is 0.321. The second kappa shape index (κ2) is 9.52. The van der Waals surface area contributed by atoms with Gasteiger partial charge in [-0.05, 0) is 24.1 Å². The number of phenols is 2. The van der Waals surface area contributed by atoms with E-state index in [4.69, 9.17) is 15.3 Å². The third kappa shape index (κ3) is 7.21. The lowest BCUT2D eigenvalue weighted by atomic mass is 10.0. The van der Waals surface area contributed by atoms with E-state index in [9.17, 15) is 24.6 Å². The number of carboxylic acid groups (broad SMARTS) is 3. The van der Waals surface area contributed by atoms with Gasteiger partial charge in [0.1, 0.15) is 0 Å². The van der Waals surface area contributed by atoms with Crippen molar-refractivity contribution in [3.05, 3.63) is 60.5 Å². The number of nitrogens with zero attached hydrogens (tertiary/aromatic N) is 1. The van der Waals surface area contributed by atoms with Crippen molar-refractivity contribution in [2.24, 2.45) is 0 Å². The van der Waals surface area contributed by atoms with Gasteiger partial charge in [0, 0.05) is 30.6 Å². The highest BCUT2D eigenvalue weighted by atomic mass is 16.4. The predicted molar refractivity (Wildman–Crippen MR) is 89.4 cm³/mol. The Kier molecular flexibility index (Phi) is 7.43. The van der Waals surface area contributed by atoms with Crippen molar-refractivity contribution in [3.63, 3.8) is 0 Å². The second-order valence-electron chi connectivity index (χ2n) is 5.05. The first-order valence-corrected chi connectivity index (χ1v) is 7.20. The number of hydrogen-bond donors (Lipinski definition) is 5. The Morgan fingerprint density at radius 2 is 1.42 bits per heavy atom. The highest BCUT2D eigenvalue weighted by molar-refractivity contribution is 5.81. The van der Waals surface area contributed by atoms with Crippen molar-refractivity contribution in [3.8, 4) is 11.5 Å². The topological polar surface area (TPSA) is 156 Å². The number of benzene rings is 1. The molecule has 0 fully saturated rings. The minimum atomic E-state index is -1.28. The van der Waals surface area contributed by atoms with Gasteiger partial charge in [-0.3, -0.25) is 0 Å². The number of carbonyl (C=O) groups is 3. The molecule has 0 aromatic heterocycles. The summed E-state index contributed by atoms with van der Waals surface area (Å²) in [5, 5.41) is 45.3. The van der Waals surface area contributed by atoms with Crippen LogP contribution in [0.2, 0.25) is 0 Å². The smallest absolute Gasteiger partial charge is 0.329 e. The summed E-state index contributed by atoms with van der Waals surface area (Å²) in [5.74, 6) is -4.51. The summed E-state index contributed by atoms with van der Waals surface area (Å²) in [6.45, 7) is 0. The molecule has 0 saturated carbocycles. The summed E-state index contributed by atoms with van der Waals surface area (Å²) >= 11 is 0. The van der Waals surface area contributed by atoms with Crippen LogP contribution in [0, 0.1) is 0 Å². The van der Waals surface area contributed by atoms with Gasteiger partial charge in [0.2, 0.25) is 0 Å². The molecule has 0 aliphatic carbocycles. The van der Waals surface area contributed by atoms with Gasteiger partial charge in [-0.2, -0.15) is 0 Å². The zero-order chi connectivity index (χ0) is 19.7. The van der Waals surface area contributed by atoms with Crippen LogP contribution in [0.1, 0.15) is 5.56 Å². The molecular formula is C17H17NO8. The molecule has 1 aromatic rings. The summed E-state index contributed by atoms with van der Waals surface area (Å²) in [5.41, 5.74) is 0.498.